The molecule has 1 amide bonds. The Morgan fingerprint density at radius 3 is 2.65 bits per heavy atom. The molecule has 3 heteroatoms. The van der Waals surface area contributed by atoms with E-state index in [2.05, 4.69) is 26.1 Å². The predicted molar refractivity (Wildman–Crippen MR) is 71.9 cm³/mol. The van der Waals surface area contributed by atoms with E-state index in [-0.39, 0.29) is 5.91 Å². The zero-order chi connectivity index (χ0) is 12.8. The smallest absolute Gasteiger partial charge is 0.219 e. The molecule has 100 valence electrons. The lowest BCUT2D eigenvalue weighted by atomic mass is 9.92. The fraction of sp³-hybridized carbons (Fsp3) is 0.929. The number of nitrogens with zero attached hydrogens (tertiary/aromatic N) is 1. The molecule has 2 atom stereocenters. The molecule has 0 spiro atoms. The summed E-state index contributed by atoms with van der Waals surface area (Å²) < 4.78 is 0. The van der Waals surface area contributed by atoms with Gasteiger partial charge in [0.1, 0.15) is 0 Å². The molecule has 1 N–H and O–H groups in total. The molecule has 0 aromatic rings. The van der Waals surface area contributed by atoms with Crippen molar-refractivity contribution in [3.8, 4) is 0 Å². The molecule has 0 aromatic carbocycles. The summed E-state index contributed by atoms with van der Waals surface area (Å²) in [7, 11) is 0. The minimum atomic E-state index is 0.221. The topological polar surface area (TPSA) is 32.3 Å². The van der Waals surface area contributed by atoms with Crippen LogP contribution in [0.15, 0.2) is 0 Å². The van der Waals surface area contributed by atoms with Crippen molar-refractivity contribution in [3.05, 3.63) is 0 Å². The molecule has 3 nitrogen and oxygen atoms in total. The van der Waals surface area contributed by atoms with Crippen molar-refractivity contribution in [2.75, 3.05) is 19.6 Å². The number of carbonyl (C=O) groups is 1. The predicted octanol–water partition coefficient (Wildman–Crippen LogP) is 2.27. The van der Waals surface area contributed by atoms with E-state index in [0.717, 1.165) is 25.6 Å². The summed E-state index contributed by atoms with van der Waals surface area (Å²) in [6.07, 6.45) is 3.61. The summed E-state index contributed by atoms with van der Waals surface area (Å²) in [5.41, 5.74) is 0. The third kappa shape index (κ3) is 5.07. The van der Waals surface area contributed by atoms with Gasteiger partial charge in [-0.3, -0.25) is 4.79 Å². The van der Waals surface area contributed by atoms with Gasteiger partial charge in [0.15, 0.2) is 0 Å². The molecule has 1 saturated heterocycles. The van der Waals surface area contributed by atoms with Gasteiger partial charge in [-0.05, 0) is 31.2 Å². The van der Waals surface area contributed by atoms with Gasteiger partial charge in [0, 0.05) is 26.1 Å². The van der Waals surface area contributed by atoms with Crippen LogP contribution >= 0.6 is 0 Å². The van der Waals surface area contributed by atoms with E-state index in [1.807, 2.05) is 4.90 Å². The summed E-state index contributed by atoms with van der Waals surface area (Å²) in [5, 5.41) is 3.61. The molecule has 0 aromatic heterocycles. The third-order valence-corrected chi connectivity index (χ3v) is 3.71. The lowest BCUT2D eigenvalue weighted by molar-refractivity contribution is -0.131. The molecule has 0 saturated carbocycles. The number of rotatable bonds is 5. The van der Waals surface area contributed by atoms with Crippen LogP contribution in [-0.2, 0) is 4.79 Å². The summed E-state index contributed by atoms with van der Waals surface area (Å²) in [4.78, 5) is 13.5. The summed E-state index contributed by atoms with van der Waals surface area (Å²) in [6, 6.07) is 0.497. The Labute approximate surface area is 106 Å². The molecule has 17 heavy (non-hydrogen) atoms. The van der Waals surface area contributed by atoms with Crippen LogP contribution in [-0.4, -0.2) is 36.5 Å². The molecular weight excluding hydrogens is 212 g/mol. The maximum Gasteiger partial charge on any atom is 0.219 e. The van der Waals surface area contributed by atoms with Gasteiger partial charge in [0.2, 0.25) is 5.91 Å². The zero-order valence-electron chi connectivity index (χ0n) is 11.8. The fourth-order valence-electron chi connectivity index (χ4n) is 2.48. The normalized spacial score (nSPS) is 25.4. The largest absolute Gasteiger partial charge is 0.341 e. The van der Waals surface area contributed by atoms with Crippen molar-refractivity contribution in [2.24, 2.45) is 11.8 Å². The van der Waals surface area contributed by atoms with Gasteiger partial charge in [0.25, 0.3) is 0 Å². The van der Waals surface area contributed by atoms with Gasteiger partial charge in [0.05, 0.1) is 0 Å². The van der Waals surface area contributed by atoms with Crippen molar-refractivity contribution in [1.82, 2.24) is 10.2 Å². The molecule has 1 heterocycles. The first-order chi connectivity index (χ1) is 8.02. The molecule has 1 rings (SSSR count). The molecule has 0 aliphatic carbocycles. The van der Waals surface area contributed by atoms with Crippen molar-refractivity contribution in [1.29, 1.82) is 0 Å². The zero-order valence-corrected chi connectivity index (χ0v) is 11.8. The number of likely N-dealkylation sites (tertiary alicyclic amines) is 1. The first-order valence-electron chi connectivity index (χ1n) is 7.01. The highest BCUT2D eigenvalue weighted by molar-refractivity contribution is 5.73. The Hall–Kier alpha value is -0.570. The minimum Gasteiger partial charge on any atom is -0.341 e. The van der Waals surface area contributed by atoms with Crippen molar-refractivity contribution >= 4 is 5.91 Å². The van der Waals surface area contributed by atoms with E-state index in [0.29, 0.717) is 12.0 Å². The maximum atomic E-state index is 11.5. The number of amides is 1. The highest BCUT2D eigenvalue weighted by Crippen LogP contribution is 2.20. The van der Waals surface area contributed by atoms with Crippen molar-refractivity contribution in [3.63, 3.8) is 0 Å². The average Bonchev–Trinajstić information content (AvgIpc) is 2.28. The fourth-order valence-corrected chi connectivity index (χ4v) is 2.48. The van der Waals surface area contributed by atoms with Crippen LogP contribution in [0.3, 0.4) is 0 Å². The van der Waals surface area contributed by atoms with E-state index < -0.39 is 0 Å². The van der Waals surface area contributed by atoms with Gasteiger partial charge >= 0.3 is 0 Å². The second kappa shape index (κ2) is 7.00. The number of piperidine rings is 1. The van der Waals surface area contributed by atoms with Crippen LogP contribution in [0.4, 0.5) is 0 Å². The first kappa shape index (κ1) is 14.5. The standard InChI is InChI=1S/C14H28N2O/c1-5-13-8-14(15-7-6-11(2)3)10-16(9-13)12(4)17/h11,13-15H,5-10H2,1-4H3. The van der Waals surface area contributed by atoms with Gasteiger partial charge in [-0.25, -0.2) is 0 Å². The number of hydrogen-bond donors (Lipinski definition) is 1. The summed E-state index contributed by atoms with van der Waals surface area (Å²) in [5.74, 6) is 1.64. The van der Waals surface area contributed by atoms with Crippen LogP contribution in [0.1, 0.15) is 47.0 Å². The third-order valence-electron chi connectivity index (χ3n) is 3.71. The van der Waals surface area contributed by atoms with E-state index in [1.165, 1.54) is 19.3 Å². The van der Waals surface area contributed by atoms with E-state index >= 15 is 0 Å². The summed E-state index contributed by atoms with van der Waals surface area (Å²) >= 11 is 0. The lowest BCUT2D eigenvalue weighted by Gasteiger charge is -2.37. The SMILES string of the molecule is CCC1CC(NCCC(C)C)CN(C(C)=O)C1. The Bertz CT molecular complexity index is 240. The van der Waals surface area contributed by atoms with Gasteiger partial charge in [-0.2, -0.15) is 0 Å². The molecule has 2 unspecified atom stereocenters. The van der Waals surface area contributed by atoms with Gasteiger partial charge < -0.3 is 10.2 Å². The van der Waals surface area contributed by atoms with Gasteiger partial charge in [-0.1, -0.05) is 27.2 Å². The van der Waals surface area contributed by atoms with Crippen LogP contribution in [0, 0.1) is 11.8 Å². The first-order valence-corrected chi connectivity index (χ1v) is 7.01. The van der Waals surface area contributed by atoms with E-state index in [1.54, 1.807) is 6.92 Å². The number of nitrogens with one attached hydrogen (secondary N) is 1. The van der Waals surface area contributed by atoms with Crippen LogP contribution in [0.25, 0.3) is 0 Å². The Morgan fingerprint density at radius 2 is 2.12 bits per heavy atom. The number of carbonyl (C=O) groups excluding carboxylic acids is 1. The second-order valence-electron chi connectivity index (χ2n) is 5.77. The summed E-state index contributed by atoms with van der Waals surface area (Å²) in [6.45, 7) is 11.3. The molecule has 0 radical (unpaired) electrons. The molecule has 0 bridgehead atoms. The minimum absolute atomic E-state index is 0.221. The highest BCUT2D eigenvalue weighted by Gasteiger charge is 2.27. The van der Waals surface area contributed by atoms with Gasteiger partial charge in [-0.15, -0.1) is 0 Å². The van der Waals surface area contributed by atoms with E-state index in [9.17, 15) is 4.79 Å². The Balaban J connectivity index is 2.39. The molecule has 1 aliphatic heterocycles. The van der Waals surface area contributed by atoms with E-state index in [4.69, 9.17) is 0 Å². The quantitative estimate of drug-likeness (QED) is 0.799. The number of hydrogen-bond acceptors (Lipinski definition) is 2. The Kier molecular flexibility index (Phi) is 5.96. The average molecular weight is 240 g/mol. The van der Waals surface area contributed by atoms with Crippen molar-refractivity contribution in [2.45, 2.75) is 53.0 Å². The Morgan fingerprint density at radius 1 is 1.41 bits per heavy atom. The van der Waals surface area contributed by atoms with Crippen LogP contribution < -0.4 is 5.32 Å². The van der Waals surface area contributed by atoms with Crippen molar-refractivity contribution < 1.29 is 4.79 Å². The lowest BCUT2D eigenvalue weighted by Crippen LogP contribution is -2.50. The van der Waals surface area contributed by atoms with Crippen LogP contribution in [0.5, 0.6) is 0 Å². The molecular formula is C14H28N2O. The highest BCUT2D eigenvalue weighted by atomic mass is 16.2. The maximum absolute atomic E-state index is 11.5. The monoisotopic (exact) mass is 240 g/mol. The second-order valence-corrected chi connectivity index (χ2v) is 5.77. The molecule has 1 fully saturated rings. The molecule has 1 aliphatic rings. The van der Waals surface area contributed by atoms with Crippen LogP contribution in [0.2, 0.25) is 0 Å².